The van der Waals surface area contributed by atoms with Gasteiger partial charge in [0.1, 0.15) is 0 Å². The average molecular weight is 341 g/mol. The summed E-state index contributed by atoms with van der Waals surface area (Å²) < 4.78 is 0. The van der Waals surface area contributed by atoms with Gasteiger partial charge in [-0.15, -0.1) is 0 Å². The number of benzene rings is 2. The Balaban J connectivity index is 1.99. The number of rotatable bonds is 2. The highest BCUT2D eigenvalue weighted by Crippen LogP contribution is 2.44. The van der Waals surface area contributed by atoms with Crippen LogP contribution in [0.1, 0.15) is 49.8 Å². The molecule has 2 aromatic carbocycles. The van der Waals surface area contributed by atoms with Gasteiger partial charge in [-0.05, 0) is 68.5 Å². The van der Waals surface area contributed by atoms with E-state index in [1.54, 1.807) is 0 Å². The van der Waals surface area contributed by atoms with Crippen LogP contribution in [0.3, 0.4) is 0 Å². The molecule has 1 aliphatic heterocycles. The van der Waals surface area contributed by atoms with Gasteiger partial charge >= 0.3 is 0 Å². The third-order valence-electron chi connectivity index (χ3n) is 5.11. The minimum absolute atomic E-state index is 0.146. The van der Waals surface area contributed by atoms with Gasteiger partial charge in [0.05, 0.1) is 10.7 Å². The monoisotopic (exact) mass is 340 g/mol. The summed E-state index contributed by atoms with van der Waals surface area (Å²) in [5.41, 5.74) is 5.88. The number of halogens is 1. The molecule has 0 N–H and O–H groups in total. The summed E-state index contributed by atoms with van der Waals surface area (Å²) in [6.07, 6.45) is 3.01. The van der Waals surface area contributed by atoms with Crippen molar-refractivity contribution < 1.29 is 0 Å². The Morgan fingerprint density at radius 1 is 1.25 bits per heavy atom. The summed E-state index contributed by atoms with van der Waals surface area (Å²) >= 11 is 6.55. The SMILES string of the molecule is Cc1cccc(N=Cc2cc3c(cc2Cl)N(C)C(C)(C)CC3C)c1. The van der Waals surface area contributed by atoms with Gasteiger partial charge in [-0.3, -0.25) is 4.99 Å². The van der Waals surface area contributed by atoms with Gasteiger partial charge in [0.15, 0.2) is 0 Å². The van der Waals surface area contributed by atoms with E-state index in [1.807, 2.05) is 18.3 Å². The zero-order valence-corrected chi connectivity index (χ0v) is 15.9. The largest absolute Gasteiger partial charge is 0.369 e. The number of hydrogen-bond donors (Lipinski definition) is 0. The predicted octanol–water partition coefficient (Wildman–Crippen LogP) is 6.12. The Morgan fingerprint density at radius 3 is 2.71 bits per heavy atom. The highest BCUT2D eigenvalue weighted by Gasteiger charge is 2.34. The fourth-order valence-electron chi connectivity index (χ4n) is 3.56. The van der Waals surface area contributed by atoms with E-state index in [0.29, 0.717) is 5.92 Å². The van der Waals surface area contributed by atoms with E-state index >= 15 is 0 Å². The maximum absolute atomic E-state index is 6.55. The molecule has 1 atom stereocenters. The molecule has 3 heteroatoms. The van der Waals surface area contributed by atoms with Gasteiger partial charge in [0, 0.05) is 30.1 Å². The van der Waals surface area contributed by atoms with Crippen molar-refractivity contribution in [2.24, 2.45) is 4.99 Å². The Hall–Kier alpha value is -1.80. The quantitative estimate of drug-likeness (QED) is 0.601. The van der Waals surface area contributed by atoms with Crippen molar-refractivity contribution in [3.05, 3.63) is 58.1 Å². The van der Waals surface area contributed by atoms with E-state index in [2.05, 4.69) is 68.9 Å². The second-order valence-electron chi connectivity index (χ2n) is 7.51. The predicted molar refractivity (Wildman–Crippen MR) is 105 cm³/mol. The molecular weight excluding hydrogens is 316 g/mol. The maximum atomic E-state index is 6.55. The van der Waals surface area contributed by atoms with Crippen LogP contribution < -0.4 is 4.90 Å². The Morgan fingerprint density at radius 2 is 2.00 bits per heavy atom. The van der Waals surface area contributed by atoms with Crippen molar-refractivity contribution in [2.75, 3.05) is 11.9 Å². The van der Waals surface area contributed by atoms with Crippen molar-refractivity contribution in [2.45, 2.75) is 45.6 Å². The zero-order valence-electron chi connectivity index (χ0n) is 15.1. The summed E-state index contributed by atoms with van der Waals surface area (Å²) in [6, 6.07) is 12.5. The van der Waals surface area contributed by atoms with E-state index in [9.17, 15) is 0 Å². The van der Waals surface area contributed by atoms with Crippen molar-refractivity contribution in [3.8, 4) is 0 Å². The molecule has 24 heavy (non-hydrogen) atoms. The van der Waals surface area contributed by atoms with Gasteiger partial charge in [-0.25, -0.2) is 0 Å². The van der Waals surface area contributed by atoms with Crippen LogP contribution in [0.4, 0.5) is 11.4 Å². The van der Waals surface area contributed by atoms with Crippen LogP contribution in [0.15, 0.2) is 41.4 Å². The fraction of sp³-hybridized carbons (Fsp3) is 0.381. The minimum atomic E-state index is 0.146. The third kappa shape index (κ3) is 3.21. The molecule has 2 aromatic rings. The van der Waals surface area contributed by atoms with Crippen molar-refractivity contribution in [3.63, 3.8) is 0 Å². The number of aryl methyl sites for hydroxylation is 1. The van der Waals surface area contributed by atoms with Crippen molar-refractivity contribution >= 4 is 29.2 Å². The lowest BCUT2D eigenvalue weighted by atomic mass is 9.80. The second kappa shape index (κ2) is 6.25. The van der Waals surface area contributed by atoms with Crippen molar-refractivity contribution in [1.82, 2.24) is 0 Å². The number of anilines is 1. The fourth-order valence-corrected chi connectivity index (χ4v) is 3.76. The van der Waals surface area contributed by atoms with Crippen LogP contribution in [0.5, 0.6) is 0 Å². The smallest absolute Gasteiger partial charge is 0.0632 e. The molecule has 1 aliphatic rings. The van der Waals surface area contributed by atoms with E-state index in [0.717, 1.165) is 22.7 Å². The zero-order chi connectivity index (χ0) is 17.5. The number of hydrogen-bond acceptors (Lipinski definition) is 2. The first-order valence-electron chi connectivity index (χ1n) is 8.46. The second-order valence-corrected chi connectivity index (χ2v) is 7.91. The average Bonchev–Trinajstić information content (AvgIpc) is 2.51. The van der Waals surface area contributed by atoms with Gasteiger partial charge in [-0.1, -0.05) is 30.7 Å². The summed E-state index contributed by atoms with van der Waals surface area (Å²) in [5, 5.41) is 0.752. The lowest BCUT2D eigenvalue weighted by molar-refractivity contribution is 0.395. The molecule has 0 aromatic heterocycles. The van der Waals surface area contributed by atoms with Crippen LogP contribution in [0, 0.1) is 6.92 Å². The normalized spacial score (nSPS) is 19.6. The van der Waals surface area contributed by atoms with Gasteiger partial charge < -0.3 is 4.90 Å². The summed E-state index contributed by atoms with van der Waals surface area (Å²) in [7, 11) is 2.15. The summed E-state index contributed by atoms with van der Waals surface area (Å²) in [5.74, 6) is 0.509. The molecule has 0 saturated heterocycles. The molecular formula is C21H25ClN2. The molecule has 126 valence electrons. The molecule has 0 bridgehead atoms. The Labute approximate surface area is 150 Å². The number of fused-ring (bicyclic) bond motifs is 1. The number of nitrogens with zero attached hydrogens (tertiary/aromatic N) is 2. The van der Waals surface area contributed by atoms with Gasteiger partial charge in [0.2, 0.25) is 0 Å². The summed E-state index contributed by atoms with van der Waals surface area (Å²) in [4.78, 5) is 6.94. The molecule has 0 spiro atoms. The van der Waals surface area contributed by atoms with Crippen LogP contribution in [-0.4, -0.2) is 18.8 Å². The van der Waals surface area contributed by atoms with Crippen LogP contribution in [0.25, 0.3) is 0 Å². The standard InChI is InChI=1S/C21H25ClN2/c1-14-7-6-8-17(9-14)23-13-16-10-18-15(2)12-21(3,4)24(5)20(18)11-19(16)22/h6-11,13,15H,12H2,1-5H3. The molecule has 0 fully saturated rings. The number of aliphatic imine (C=N–C) groups is 1. The highest BCUT2D eigenvalue weighted by molar-refractivity contribution is 6.33. The molecule has 3 rings (SSSR count). The highest BCUT2D eigenvalue weighted by atomic mass is 35.5. The van der Waals surface area contributed by atoms with Gasteiger partial charge in [0.25, 0.3) is 0 Å². The molecule has 2 nitrogen and oxygen atoms in total. The molecule has 0 radical (unpaired) electrons. The Bertz CT molecular complexity index is 792. The molecule has 0 amide bonds. The van der Waals surface area contributed by atoms with Gasteiger partial charge in [-0.2, -0.15) is 0 Å². The topological polar surface area (TPSA) is 15.6 Å². The maximum Gasteiger partial charge on any atom is 0.0632 e. The van der Waals surface area contributed by atoms with E-state index in [4.69, 9.17) is 11.6 Å². The minimum Gasteiger partial charge on any atom is -0.369 e. The van der Waals surface area contributed by atoms with Crippen LogP contribution >= 0.6 is 11.6 Å². The first kappa shape index (κ1) is 17.0. The molecule has 0 saturated carbocycles. The lowest BCUT2D eigenvalue weighted by Gasteiger charge is -2.45. The first-order valence-corrected chi connectivity index (χ1v) is 8.84. The lowest BCUT2D eigenvalue weighted by Crippen LogP contribution is -2.45. The first-order chi connectivity index (χ1) is 11.3. The van der Waals surface area contributed by atoms with Crippen LogP contribution in [-0.2, 0) is 0 Å². The third-order valence-corrected chi connectivity index (χ3v) is 5.43. The Kier molecular flexibility index (Phi) is 4.44. The van der Waals surface area contributed by atoms with Crippen LogP contribution in [0.2, 0.25) is 5.02 Å². The molecule has 1 heterocycles. The molecule has 0 aliphatic carbocycles. The van der Waals surface area contributed by atoms with E-state index < -0.39 is 0 Å². The van der Waals surface area contributed by atoms with Crippen molar-refractivity contribution in [1.29, 1.82) is 0 Å². The van der Waals surface area contributed by atoms with E-state index in [1.165, 1.54) is 16.8 Å². The summed E-state index contributed by atoms with van der Waals surface area (Å²) in [6.45, 7) is 8.94. The molecule has 1 unspecified atom stereocenters. The van der Waals surface area contributed by atoms with E-state index in [-0.39, 0.29) is 5.54 Å².